The average molecular weight is 386 g/mol. The van der Waals surface area contributed by atoms with Gasteiger partial charge in [-0.15, -0.1) is 24.8 Å². The second-order valence-electron chi connectivity index (χ2n) is 5.35. The Balaban J connectivity index is 0.00000156. The molecule has 1 aliphatic rings. The van der Waals surface area contributed by atoms with Crippen LogP contribution in [-0.4, -0.2) is 29.6 Å². The zero-order valence-corrected chi connectivity index (χ0v) is 15.1. The van der Waals surface area contributed by atoms with E-state index >= 15 is 0 Å². The standard InChI is InChI=1S/C17H19N3O3.2ClH/c18-10-14-7-8-15(22-14)17(21)20-12-6-9-16(19-11-12)23-13-4-2-1-3-5-13;;/h1-6,9,11,14-15H,7-8,10,18H2,(H,20,21);2*1H/t14-,15+;;/m1../s1. The molecule has 136 valence electrons. The van der Waals surface area contributed by atoms with Gasteiger partial charge in [0.05, 0.1) is 18.0 Å². The fraction of sp³-hybridized carbons (Fsp3) is 0.294. The fourth-order valence-electron chi connectivity index (χ4n) is 2.42. The molecule has 0 bridgehead atoms. The molecule has 0 aliphatic carbocycles. The number of aromatic nitrogens is 1. The van der Waals surface area contributed by atoms with Crippen LogP contribution >= 0.6 is 24.8 Å². The number of pyridine rings is 1. The van der Waals surface area contributed by atoms with Crippen molar-refractivity contribution in [2.45, 2.75) is 25.0 Å². The van der Waals surface area contributed by atoms with E-state index in [0.717, 1.165) is 6.42 Å². The van der Waals surface area contributed by atoms with Gasteiger partial charge in [0, 0.05) is 12.6 Å². The van der Waals surface area contributed by atoms with Gasteiger partial charge in [0.2, 0.25) is 5.88 Å². The zero-order chi connectivity index (χ0) is 16.1. The minimum absolute atomic E-state index is 0. The van der Waals surface area contributed by atoms with Crippen LogP contribution in [0.25, 0.3) is 0 Å². The lowest BCUT2D eigenvalue weighted by Gasteiger charge is -2.12. The number of ether oxygens (including phenoxy) is 2. The molecule has 6 nitrogen and oxygen atoms in total. The Hall–Kier alpha value is -1.86. The number of hydrogen-bond acceptors (Lipinski definition) is 5. The Kier molecular flexibility index (Phi) is 8.65. The number of nitrogens with one attached hydrogen (secondary N) is 1. The summed E-state index contributed by atoms with van der Waals surface area (Å²) < 4.78 is 11.2. The van der Waals surface area contributed by atoms with Gasteiger partial charge in [-0.05, 0) is 31.0 Å². The molecule has 3 N–H and O–H groups in total. The minimum atomic E-state index is -0.441. The van der Waals surface area contributed by atoms with Crippen molar-refractivity contribution in [2.24, 2.45) is 5.73 Å². The summed E-state index contributed by atoms with van der Waals surface area (Å²) in [5.41, 5.74) is 6.15. The SMILES string of the molecule is Cl.Cl.NC[C@H]1CC[C@@H](C(=O)Nc2ccc(Oc3ccccc3)nc2)O1. The maximum absolute atomic E-state index is 12.1. The smallest absolute Gasteiger partial charge is 0.253 e. The van der Waals surface area contributed by atoms with Crippen LogP contribution in [0.1, 0.15) is 12.8 Å². The highest BCUT2D eigenvalue weighted by Crippen LogP contribution is 2.22. The lowest BCUT2D eigenvalue weighted by molar-refractivity contribution is -0.126. The van der Waals surface area contributed by atoms with Crippen LogP contribution in [0.15, 0.2) is 48.7 Å². The number of carbonyl (C=O) groups is 1. The van der Waals surface area contributed by atoms with Crippen molar-refractivity contribution in [3.8, 4) is 11.6 Å². The number of halogens is 2. The Morgan fingerprint density at radius 3 is 2.56 bits per heavy atom. The fourth-order valence-corrected chi connectivity index (χ4v) is 2.42. The molecule has 2 heterocycles. The predicted molar refractivity (Wildman–Crippen MR) is 101 cm³/mol. The summed E-state index contributed by atoms with van der Waals surface area (Å²) in [5, 5.41) is 2.80. The van der Waals surface area contributed by atoms with Crippen LogP contribution in [0.3, 0.4) is 0 Å². The second kappa shape index (κ2) is 10.2. The first-order valence-electron chi connectivity index (χ1n) is 7.60. The summed E-state index contributed by atoms with van der Waals surface area (Å²) in [6.07, 6.45) is 2.60. The van der Waals surface area contributed by atoms with Crippen LogP contribution in [0.4, 0.5) is 5.69 Å². The molecule has 3 rings (SSSR count). The van der Waals surface area contributed by atoms with Gasteiger partial charge in [-0.2, -0.15) is 0 Å². The molecule has 1 aromatic carbocycles. The van der Waals surface area contributed by atoms with E-state index in [0.29, 0.717) is 30.3 Å². The number of nitrogens with two attached hydrogens (primary N) is 1. The first-order valence-corrected chi connectivity index (χ1v) is 7.60. The van der Waals surface area contributed by atoms with E-state index in [9.17, 15) is 4.79 Å². The molecule has 0 unspecified atom stereocenters. The van der Waals surface area contributed by atoms with Crippen molar-refractivity contribution in [3.63, 3.8) is 0 Å². The van der Waals surface area contributed by atoms with E-state index in [1.54, 1.807) is 18.3 Å². The lowest BCUT2D eigenvalue weighted by Crippen LogP contribution is -2.29. The summed E-state index contributed by atoms with van der Waals surface area (Å²) in [6, 6.07) is 12.9. The van der Waals surface area contributed by atoms with Gasteiger partial charge in [0.25, 0.3) is 5.91 Å². The molecule has 8 heteroatoms. The number of rotatable bonds is 5. The first kappa shape index (κ1) is 21.2. The van der Waals surface area contributed by atoms with Crippen molar-refractivity contribution in [1.29, 1.82) is 0 Å². The number of anilines is 1. The van der Waals surface area contributed by atoms with Crippen LogP contribution in [-0.2, 0) is 9.53 Å². The number of benzene rings is 1. The Morgan fingerprint density at radius 1 is 1.20 bits per heavy atom. The van der Waals surface area contributed by atoms with Crippen LogP contribution in [0.5, 0.6) is 11.6 Å². The molecule has 0 spiro atoms. The van der Waals surface area contributed by atoms with Crippen molar-refractivity contribution in [1.82, 2.24) is 4.98 Å². The van der Waals surface area contributed by atoms with E-state index in [2.05, 4.69) is 10.3 Å². The van der Waals surface area contributed by atoms with Crippen LogP contribution in [0, 0.1) is 0 Å². The number of carbonyl (C=O) groups excluding carboxylic acids is 1. The van der Waals surface area contributed by atoms with E-state index in [1.807, 2.05) is 30.3 Å². The van der Waals surface area contributed by atoms with Gasteiger partial charge in [0.1, 0.15) is 11.9 Å². The third-order valence-corrected chi connectivity index (χ3v) is 3.63. The number of hydrogen-bond donors (Lipinski definition) is 2. The van der Waals surface area contributed by atoms with Crippen LogP contribution < -0.4 is 15.8 Å². The van der Waals surface area contributed by atoms with E-state index in [-0.39, 0.29) is 36.8 Å². The Bertz CT molecular complexity index is 656. The normalized spacial score (nSPS) is 18.6. The molecule has 1 fully saturated rings. The van der Waals surface area contributed by atoms with Gasteiger partial charge in [0.15, 0.2) is 0 Å². The summed E-state index contributed by atoms with van der Waals surface area (Å²) >= 11 is 0. The summed E-state index contributed by atoms with van der Waals surface area (Å²) in [7, 11) is 0. The molecule has 2 atom stereocenters. The number of nitrogens with zero attached hydrogens (tertiary/aromatic N) is 1. The topological polar surface area (TPSA) is 86.5 Å². The maximum Gasteiger partial charge on any atom is 0.253 e. The Labute approximate surface area is 158 Å². The molecule has 1 aliphatic heterocycles. The number of amides is 1. The molecular formula is C17H21Cl2N3O3. The second-order valence-corrected chi connectivity index (χ2v) is 5.35. The first-order chi connectivity index (χ1) is 11.2. The van der Waals surface area contributed by atoms with Gasteiger partial charge >= 0.3 is 0 Å². The minimum Gasteiger partial charge on any atom is -0.439 e. The summed E-state index contributed by atoms with van der Waals surface area (Å²) in [4.78, 5) is 16.3. The molecular weight excluding hydrogens is 365 g/mol. The summed E-state index contributed by atoms with van der Waals surface area (Å²) in [5.74, 6) is 1.01. The highest BCUT2D eigenvalue weighted by atomic mass is 35.5. The molecule has 1 saturated heterocycles. The van der Waals surface area contributed by atoms with Crippen molar-refractivity contribution < 1.29 is 14.3 Å². The maximum atomic E-state index is 12.1. The third-order valence-electron chi connectivity index (χ3n) is 3.63. The zero-order valence-electron chi connectivity index (χ0n) is 13.5. The summed E-state index contributed by atoms with van der Waals surface area (Å²) in [6.45, 7) is 0.441. The van der Waals surface area contributed by atoms with Crippen molar-refractivity contribution >= 4 is 36.4 Å². The van der Waals surface area contributed by atoms with Gasteiger partial charge < -0.3 is 20.5 Å². The van der Waals surface area contributed by atoms with E-state index in [4.69, 9.17) is 15.2 Å². The highest BCUT2D eigenvalue weighted by molar-refractivity contribution is 5.94. The number of para-hydroxylation sites is 1. The highest BCUT2D eigenvalue weighted by Gasteiger charge is 2.29. The molecule has 0 radical (unpaired) electrons. The van der Waals surface area contributed by atoms with Gasteiger partial charge in [-0.3, -0.25) is 4.79 Å². The van der Waals surface area contributed by atoms with Crippen molar-refractivity contribution in [2.75, 3.05) is 11.9 Å². The van der Waals surface area contributed by atoms with Crippen LogP contribution in [0.2, 0.25) is 0 Å². The van der Waals surface area contributed by atoms with Gasteiger partial charge in [-0.25, -0.2) is 4.98 Å². The van der Waals surface area contributed by atoms with Crippen molar-refractivity contribution in [3.05, 3.63) is 48.7 Å². The van der Waals surface area contributed by atoms with E-state index in [1.165, 1.54) is 0 Å². The monoisotopic (exact) mass is 385 g/mol. The predicted octanol–water partition coefficient (Wildman–Crippen LogP) is 3.16. The molecule has 1 aromatic heterocycles. The lowest BCUT2D eigenvalue weighted by atomic mass is 10.2. The molecule has 0 saturated carbocycles. The largest absolute Gasteiger partial charge is 0.439 e. The molecule has 1 amide bonds. The molecule has 25 heavy (non-hydrogen) atoms. The Morgan fingerprint density at radius 2 is 1.96 bits per heavy atom. The van der Waals surface area contributed by atoms with E-state index < -0.39 is 6.10 Å². The molecule has 2 aromatic rings. The average Bonchev–Trinajstić information content (AvgIpc) is 3.07. The van der Waals surface area contributed by atoms with Gasteiger partial charge in [-0.1, -0.05) is 18.2 Å². The quantitative estimate of drug-likeness (QED) is 0.825. The third kappa shape index (κ3) is 5.86.